The summed E-state index contributed by atoms with van der Waals surface area (Å²) < 4.78 is 2.27. The third-order valence-electron chi connectivity index (χ3n) is 3.37. The van der Waals surface area contributed by atoms with E-state index in [1.165, 1.54) is 35.1 Å². The normalized spacial score (nSPS) is 14.6. The van der Waals surface area contributed by atoms with E-state index in [1.807, 2.05) is 0 Å². The smallest absolute Gasteiger partial charge is 0.0175 e. The van der Waals surface area contributed by atoms with Crippen LogP contribution in [0.2, 0.25) is 0 Å². The molecule has 0 saturated carbocycles. The number of benzene rings is 2. The van der Waals surface area contributed by atoms with E-state index in [9.17, 15) is 0 Å². The van der Waals surface area contributed by atoms with Gasteiger partial charge in [-0.05, 0) is 59.4 Å². The summed E-state index contributed by atoms with van der Waals surface area (Å²) in [4.78, 5) is 0. The number of hydrogen-bond donors (Lipinski definition) is 0. The van der Waals surface area contributed by atoms with Crippen LogP contribution >= 0.6 is 31.9 Å². The van der Waals surface area contributed by atoms with E-state index < -0.39 is 0 Å². The van der Waals surface area contributed by atoms with E-state index in [0.717, 1.165) is 8.95 Å². The van der Waals surface area contributed by atoms with Crippen molar-refractivity contribution in [3.63, 3.8) is 0 Å². The van der Waals surface area contributed by atoms with Crippen LogP contribution in [0.1, 0.15) is 24.0 Å². The van der Waals surface area contributed by atoms with Crippen molar-refractivity contribution in [3.8, 4) is 0 Å². The van der Waals surface area contributed by atoms with E-state index in [2.05, 4.69) is 80.4 Å². The first-order valence-electron chi connectivity index (χ1n) is 5.98. The third kappa shape index (κ3) is 2.32. The van der Waals surface area contributed by atoms with Gasteiger partial charge in [-0.2, -0.15) is 0 Å². The third-order valence-corrected chi connectivity index (χ3v) is 4.43. The summed E-state index contributed by atoms with van der Waals surface area (Å²) in [6.07, 6.45) is 2.38. The SMILES string of the molecule is Brc1ccc(C2=C(c3ccc(Br)cc3)CC2)cc1. The molecule has 0 unspecified atom stereocenters. The molecule has 90 valence electrons. The van der Waals surface area contributed by atoms with Gasteiger partial charge in [0.05, 0.1) is 0 Å². The molecule has 2 heteroatoms. The predicted octanol–water partition coefficient (Wildman–Crippen LogP) is 5.92. The largest absolute Gasteiger partial charge is 0.0536 e. The fraction of sp³-hybridized carbons (Fsp3) is 0.125. The average molecular weight is 364 g/mol. The monoisotopic (exact) mass is 362 g/mol. The predicted molar refractivity (Wildman–Crippen MR) is 84.3 cm³/mol. The zero-order valence-corrected chi connectivity index (χ0v) is 13.0. The molecule has 0 N–H and O–H groups in total. The fourth-order valence-corrected chi connectivity index (χ4v) is 2.84. The van der Waals surface area contributed by atoms with Gasteiger partial charge in [-0.25, -0.2) is 0 Å². The Morgan fingerprint density at radius 3 is 1.17 bits per heavy atom. The number of hydrogen-bond acceptors (Lipinski definition) is 0. The van der Waals surface area contributed by atoms with Crippen LogP contribution in [0.4, 0.5) is 0 Å². The van der Waals surface area contributed by atoms with Gasteiger partial charge < -0.3 is 0 Å². The first kappa shape index (κ1) is 12.2. The number of halogens is 2. The second-order valence-electron chi connectivity index (χ2n) is 4.47. The summed E-state index contributed by atoms with van der Waals surface area (Å²) in [5.74, 6) is 0. The van der Waals surface area contributed by atoms with Crippen LogP contribution in [-0.2, 0) is 0 Å². The van der Waals surface area contributed by atoms with Gasteiger partial charge in [0.15, 0.2) is 0 Å². The first-order chi connectivity index (χ1) is 8.74. The molecule has 2 aromatic carbocycles. The van der Waals surface area contributed by atoms with E-state index in [4.69, 9.17) is 0 Å². The molecule has 0 bridgehead atoms. The molecule has 0 nitrogen and oxygen atoms in total. The molecule has 0 radical (unpaired) electrons. The van der Waals surface area contributed by atoms with Crippen molar-refractivity contribution in [2.75, 3.05) is 0 Å². The minimum atomic E-state index is 1.14. The molecule has 0 aromatic heterocycles. The van der Waals surface area contributed by atoms with Crippen LogP contribution in [-0.4, -0.2) is 0 Å². The molecular weight excluding hydrogens is 352 g/mol. The van der Waals surface area contributed by atoms with Crippen LogP contribution in [0.3, 0.4) is 0 Å². The van der Waals surface area contributed by atoms with E-state index in [1.54, 1.807) is 0 Å². The highest BCUT2D eigenvalue weighted by Crippen LogP contribution is 2.42. The Bertz CT molecular complexity index is 536. The van der Waals surface area contributed by atoms with Crippen LogP contribution in [0, 0.1) is 0 Å². The average Bonchev–Trinajstić information content (AvgIpc) is 2.33. The number of rotatable bonds is 2. The lowest BCUT2D eigenvalue weighted by atomic mass is 9.80. The van der Waals surface area contributed by atoms with Crippen LogP contribution in [0.5, 0.6) is 0 Å². The Labute approximate surface area is 124 Å². The van der Waals surface area contributed by atoms with Crippen LogP contribution < -0.4 is 0 Å². The second kappa shape index (κ2) is 5.02. The zero-order chi connectivity index (χ0) is 12.5. The van der Waals surface area contributed by atoms with E-state index in [0.29, 0.717) is 0 Å². The second-order valence-corrected chi connectivity index (χ2v) is 6.30. The van der Waals surface area contributed by atoms with Crippen molar-refractivity contribution in [3.05, 3.63) is 68.6 Å². The zero-order valence-electron chi connectivity index (χ0n) is 9.79. The lowest BCUT2D eigenvalue weighted by Gasteiger charge is -2.25. The molecule has 0 aliphatic heterocycles. The lowest BCUT2D eigenvalue weighted by molar-refractivity contribution is 1.01. The van der Waals surface area contributed by atoms with Gasteiger partial charge in [0.25, 0.3) is 0 Å². The van der Waals surface area contributed by atoms with Crippen molar-refractivity contribution < 1.29 is 0 Å². The maximum Gasteiger partial charge on any atom is 0.0175 e. The van der Waals surface area contributed by atoms with Crippen molar-refractivity contribution in [1.29, 1.82) is 0 Å². The Morgan fingerprint density at radius 1 is 0.556 bits per heavy atom. The molecule has 0 fully saturated rings. The quantitative estimate of drug-likeness (QED) is 0.621. The molecule has 1 aliphatic rings. The molecule has 0 amide bonds. The summed E-state index contributed by atoms with van der Waals surface area (Å²) in [6.45, 7) is 0. The van der Waals surface area contributed by atoms with E-state index >= 15 is 0 Å². The van der Waals surface area contributed by atoms with Gasteiger partial charge in [0.2, 0.25) is 0 Å². The number of allylic oxidation sites excluding steroid dienone is 2. The molecule has 1 aliphatic carbocycles. The lowest BCUT2D eigenvalue weighted by Crippen LogP contribution is -2.02. The Kier molecular flexibility index (Phi) is 3.40. The van der Waals surface area contributed by atoms with E-state index in [-0.39, 0.29) is 0 Å². The minimum absolute atomic E-state index is 1.14. The fourth-order valence-electron chi connectivity index (χ4n) is 2.31. The highest BCUT2D eigenvalue weighted by Gasteiger charge is 2.19. The van der Waals surface area contributed by atoms with Crippen LogP contribution in [0.15, 0.2) is 57.5 Å². The highest BCUT2D eigenvalue weighted by atomic mass is 79.9. The Hall–Kier alpha value is -0.860. The van der Waals surface area contributed by atoms with Crippen LogP contribution in [0.25, 0.3) is 11.1 Å². The van der Waals surface area contributed by atoms with Gasteiger partial charge in [0, 0.05) is 8.95 Å². The summed E-state index contributed by atoms with van der Waals surface area (Å²) in [5.41, 5.74) is 5.68. The van der Waals surface area contributed by atoms with Crippen molar-refractivity contribution in [1.82, 2.24) is 0 Å². The standard InChI is InChI=1S/C16H12Br2/c17-13-5-1-11(2-6-13)15-9-10-16(15)12-3-7-14(18)8-4-12/h1-8H,9-10H2. The molecule has 0 atom stereocenters. The van der Waals surface area contributed by atoms with Crippen molar-refractivity contribution in [2.45, 2.75) is 12.8 Å². The maximum atomic E-state index is 3.48. The van der Waals surface area contributed by atoms with Gasteiger partial charge in [-0.1, -0.05) is 56.1 Å². The summed E-state index contributed by atoms with van der Waals surface area (Å²) in [5, 5.41) is 0. The highest BCUT2D eigenvalue weighted by molar-refractivity contribution is 9.10. The minimum Gasteiger partial charge on any atom is -0.0536 e. The molecule has 3 rings (SSSR count). The molecule has 0 saturated heterocycles. The van der Waals surface area contributed by atoms with Gasteiger partial charge in [-0.15, -0.1) is 0 Å². The molecule has 2 aromatic rings. The Balaban J connectivity index is 1.99. The molecule has 0 spiro atoms. The van der Waals surface area contributed by atoms with Gasteiger partial charge in [0.1, 0.15) is 0 Å². The summed E-state index contributed by atoms with van der Waals surface area (Å²) in [7, 11) is 0. The maximum absolute atomic E-state index is 3.48. The van der Waals surface area contributed by atoms with Crippen molar-refractivity contribution in [2.24, 2.45) is 0 Å². The molecule has 18 heavy (non-hydrogen) atoms. The summed E-state index contributed by atoms with van der Waals surface area (Å²) >= 11 is 6.96. The molecule has 0 heterocycles. The van der Waals surface area contributed by atoms with Gasteiger partial charge in [-0.3, -0.25) is 0 Å². The Morgan fingerprint density at radius 2 is 0.889 bits per heavy atom. The topological polar surface area (TPSA) is 0 Å². The molecular formula is C16H12Br2. The summed E-state index contributed by atoms with van der Waals surface area (Å²) in [6, 6.07) is 17.2. The van der Waals surface area contributed by atoms with Gasteiger partial charge >= 0.3 is 0 Å². The first-order valence-corrected chi connectivity index (χ1v) is 7.56. The van der Waals surface area contributed by atoms with Crippen molar-refractivity contribution >= 4 is 43.0 Å².